The quantitative estimate of drug-likeness (QED) is 0.722. The van der Waals surface area contributed by atoms with Crippen molar-refractivity contribution < 1.29 is 19.1 Å². The average molecular weight is 418 g/mol. The smallest absolute Gasteiger partial charge is 0.355 e. The van der Waals surface area contributed by atoms with Crippen molar-refractivity contribution in [2.75, 3.05) is 32.8 Å². The van der Waals surface area contributed by atoms with Crippen molar-refractivity contribution in [1.82, 2.24) is 14.8 Å². The molecule has 3 rings (SSSR count). The summed E-state index contributed by atoms with van der Waals surface area (Å²) in [5.74, 6) is -0.106. The molecule has 0 saturated carbocycles. The highest BCUT2D eigenvalue weighted by Crippen LogP contribution is 2.24. The maximum absolute atomic E-state index is 12.9. The minimum atomic E-state index is -0.356. The van der Waals surface area contributed by atoms with Crippen LogP contribution in [0.15, 0.2) is 0 Å². The summed E-state index contributed by atoms with van der Waals surface area (Å²) >= 11 is 0. The third-order valence-corrected chi connectivity index (χ3v) is 6.45. The van der Waals surface area contributed by atoms with Crippen LogP contribution in [0.5, 0.6) is 0 Å². The molecule has 1 atom stereocenters. The topological polar surface area (TPSA) is 82.7 Å². The fraction of sp³-hybridized carbons (Fsp3) is 0.696. The Bertz CT molecular complexity index is 780. The number of rotatable bonds is 6. The van der Waals surface area contributed by atoms with Crippen LogP contribution < -0.4 is 0 Å². The molecule has 30 heavy (non-hydrogen) atoms. The molecule has 7 heteroatoms. The molecule has 1 aromatic heterocycles. The van der Waals surface area contributed by atoms with Crippen LogP contribution in [0.3, 0.4) is 0 Å². The summed E-state index contributed by atoms with van der Waals surface area (Å²) in [6.07, 6.45) is 6.09. The van der Waals surface area contributed by atoms with Gasteiger partial charge in [0.1, 0.15) is 5.69 Å². The fourth-order valence-electron chi connectivity index (χ4n) is 4.74. The predicted octanol–water partition coefficient (Wildman–Crippen LogP) is 2.99. The highest BCUT2D eigenvalue weighted by Gasteiger charge is 2.31. The Labute approximate surface area is 179 Å². The normalized spacial score (nSPS) is 19.6. The summed E-state index contributed by atoms with van der Waals surface area (Å²) < 4.78 is 5.10. The van der Waals surface area contributed by atoms with Crippen molar-refractivity contribution in [2.24, 2.45) is 5.92 Å². The Kier molecular flexibility index (Phi) is 7.56. The molecule has 1 unspecified atom stereocenters. The molecule has 2 saturated heterocycles. The molecule has 3 heterocycles. The van der Waals surface area contributed by atoms with Gasteiger partial charge in [-0.25, -0.2) is 4.79 Å². The van der Waals surface area contributed by atoms with Crippen LogP contribution in [-0.2, 0) is 20.7 Å². The first kappa shape index (κ1) is 22.4. The first-order valence-electron chi connectivity index (χ1n) is 11.3. The monoisotopic (exact) mass is 417 g/mol. The van der Waals surface area contributed by atoms with Gasteiger partial charge in [-0.3, -0.25) is 9.59 Å². The summed E-state index contributed by atoms with van der Waals surface area (Å²) in [6.45, 7) is 8.90. The number of H-pyrrole nitrogens is 1. The van der Waals surface area contributed by atoms with E-state index in [4.69, 9.17) is 4.74 Å². The number of hydrogen-bond acceptors (Lipinski definition) is 4. The van der Waals surface area contributed by atoms with Crippen LogP contribution in [0.2, 0.25) is 0 Å². The molecular weight excluding hydrogens is 382 g/mol. The largest absolute Gasteiger partial charge is 0.461 e. The highest BCUT2D eigenvalue weighted by atomic mass is 16.5. The molecule has 0 bridgehead atoms. The Morgan fingerprint density at radius 1 is 1.03 bits per heavy atom. The van der Waals surface area contributed by atoms with Crippen LogP contribution in [0, 0.1) is 19.8 Å². The number of amides is 2. The van der Waals surface area contributed by atoms with Gasteiger partial charge in [-0.1, -0.05) is 0 Å². The zero-order valence-corrected chi connectivity index (χ0v) is 18.6. The predicted molar refractivity (Wildman–Crippen MR) is 114 cm³/mol. The van der Waals surface area contributed by atoms with E-state index in [2.05, 4.69) is 4.98 Å². The molecule has 7 nitrogen and oxygen atoms in total. The van der Waals surface area contributed by atoms with Crippen LogP contribution in [-0.4, -0.2) is 65.4 Å². The minimum Gasteiger partial charge on any atom is -0.461 e. The van der Waals surface area contributed by atoms with Gasteiger partial charge in [0.05, 0.1) is 12.5 Å². The number of aryl methyl sites for hydroxylation is 1. The van der Waals surface area contributed by atoms with Crippen molar-refractivity contribution in [2.45, 2.75) is 65.7 Å². The number of likely N-dealkylation sites (tertiary alicyclic amines) is 2. The number of esters is 1. The number of hydrogen-bond donors (Lipinski definition) is 1. The van der Waals surface area contributed by atoms with Gasteiger partial charge in [-0.2, -0.15) is 0 Å². The van der Waals surface area contributed by atoms with Crippen LogP contribution in [0.4, 0.5) is 0 Å². The van der Waals surface area contributed by atoms with E-state index in [1.54, 1.807) is 6.92 Å². The van der Waals surface area contributed by atoms with E-state index < -0.39 is 0 Å². The molecule has 2 amide bonds. The zero-order chi connectivity index (χ0) is 21.7. The molecule has 1 N–H and O–H groups in total. The molecule has 0 spiro atoms. The van der Waals surface area contributed by atoms with E-state index in [0.29, 0.717) is 31.7 Å². The van der Waals surface area contributed by atoms with Gasteiger partial charge >= 0.3 is 5.97 Å². The number of carbonyl (C=O) groups excluding carboxylic acids is 3. The third-order valence-electron chi connectivity index (χ3n) is 6.45. The van der Waals surface area contributed by atoms with Crippen molar-refractivity contribution in [3.63, 3.8) is 0 Å². The molecule has 0 aromatic carbocycles. The van der Waals surface area contributed by atoms with Crippen LogP contribution in [0.25, 0.3) is 0 Å². The molecule has 0 aliphatic carbocycles. The maximum atomic E-state index is 12.9. The Morgan fingerprint density at radius 3 is 2.43 bits per heavy atom. The van der Waals surface area contributed by atoms with Gasteiger partial charge in [0, 0.05) is 38.3 Å². The number of aromatic amines is 1. The fourth-order valence-corrected chi connectivity index (χ4v) is 4.74. The standard InChI is InChI=1S/C23H35N3O4/c1-4-30-23(29)21-16(2)19(17(3)24-21)10-11-20(27)26-14-8-9-18(15-26)22(28)25-12-6-5-7-13-25/h18,24H,4-15H2,1-3H3. The van der Waals surface area contributed by atoms with E-state index in [1.807, 2.05) is 23.6 Å². The van der Waals surface area contributed by atoms with Crippen LogP contribution in [0.1, 0.15) is 72.8 Å². The summed E-state index contributed by atoms with van der Waals surface area (Å²) in [7, 11) is 0. The lowest BCUT2D eigenvalue weighted by atomic mass is 9.95. The summed E-state index contributed by atoms with van der Waals surface area (Å²) in [5, 5.41) is 0. The number of nitrogens with zero attached hydrogens (tertiary/aromatic N) is 2. The maximum Gasteiger partial charge on any atom is 0.355 e. The second kappa shape index (κ2) is 10.1. The lowest BCUT2D eigenvalue weighted by Crippen LogP contribution is -2.48. The molecule has 0 radical (unpaired) electrons. The van der Waals surface area contributed by atoms with Crippen molar-refractivity contribution in [3.8, 4) is 0 Å². The Balaban J connectivity index is 1.57. The summed E-state index contributed by atoms with van der Waals surface area (Å²) in [5.41, 5.74) is 3.24. The second-order valence-corrected chi connectivity index (χ2v) is 8.51. The van der Waals surface area contributed by atoms with E-state index in [9.17, 15) is 14.4 Å². The Hall–Kier alpha value is -2.31. The Morgan fingerprint density at radius 2 is 1.73 bits per heavy atom. The van der Waals surface area contributed by atoms with E-state index in [-0.39, 0.29) is 23.7 Å². The van der Waals surface area contributed by atoms with E-state index >= 15 is 0 Å². The minimum absolute atomic E-state index is 0.0630. The number of piperidine rings is 2. The van der Waals surface area contributed by atoms with Crippen LogP contribution >= 0.6 is 0 Å². The SMILES string of the molecule is CCOC(=O)c1[nH]c(C)c(CCC(=O)N2CCCC(C(=O)N3CCCCC3)C2)c1C. The van der Waals surface area contributed by atoms with Gasteiger partial charge < -0.3 is 19.5 Å². The number of aromatic nitrogens is 1. The zero-order valence-electron chi connectivity index (χ0n) is 18.6. The first-order chi connectivity index (χ1) is 14.4. The molecule has 2 aliphatic rings. The number of ether oxygens (including phenoxy) is 1. The number of nitrogens with one attached hydrogen (secondary N) is 1. The highest BCUT2D eigenvalue weighted by molar-refractivity contribution is 5.90. The van der Waals surface area contributed by atoms with E-state index in [1.165, 1.54) is 6.42 Å². The molecule has 166 valence electrons. The lowest BCUT2D eigenvalue weighted by Gasteiger charge is -2.36. The van der Waals surface area contributed by atoms with Gasteiger partial charge in [-0.05, 0) is 70.4 Å². The molecule has 2 aliphatic heterocycles. The van der Waals surface area contributed by atoms with Crippen molar-refractivity contribution in [1.29, 1.82) is 0 Å². The van der Waals surface area contributed by atoms with E-state index in [0.717, 1.165) is 62.1 Å². The average Bonchev–Trinajstić information content (AvgIpc) is 3.05. The van der Waals surface area contributed by atoms with Gasteiger partial charge in [-0.15, -0.1) is 0 Å². The number of carbonyl (C=O) groups is 3. The summed E-state index contributed by atoms with van der Waals surface area (Å²) in [6, 6.07) is 0. The molecular formula is C23H35N3O4. The third kappa shape index (κ3) is 5.05. The van der Waals surface area contributed by atoms with Crippen molar-refractivity contribution in [3.05, 3.63) is 22.5 Å². The first-order valence-corrected chi connectivity index (χ1v) is 11.3. The van der Waals surface area contributed by atoms with Gasteiger partial charge in [0.25, 0.3) is 0 Å². The second-order valence-electron chi connectivity index (χ2n) is 8.51. The molecule has 2 fully saturated rings. The lowest BCUT2D eigenvalue weighted by molar-refractivity contribution is -0.141. The van der Waals surface area contributed by atoms with Gasteiger partial charge in [0.15, 0.2) is 0 Å². The van der Waals surface area contributed by atoms with Gasteiger partial charge in [0.2, 0.25) is 11.8 Å². The molecule has 1 aromatic rings. The van der Waals surface area contributed by atoms with Crippen molar-refractivity contribution >= 4 is 17.8 Å². The summed E-state index contributed by atoms with van der Waals surface area (Å²) in [4.78, 5) is 44.8.